The molecule has 0 fully saturated rings. The van der Waals surface area contributed by atoms with Gasteiger partial charge in [-0.2, -0.15) is 0 Å². The van der Waals surface area contributed by atoms with Crippen molar-refractivity contribution in [2.45, 2.75) is 13.3 Å². The molecule has 0 bridgehead atoms. The molecule has 0 aliphatic carbocycles. The van der Waals surface area contributed by atoms with Gasteiger partial charge in [0.1, 0.15) is 6.54 Å². The zero-order chi connectivity index (χ0) is 21.5. The average Bonchev–Trinajstić information content (AvgIpc) is 2.76. The van der Waals surface area contributed by atoms with Crippen LogP contribution in [-0.4, -0.2) is 39.8 Å². The first-order valence-electron chi connectivity index (χ1n) is 9.39. The maximum Gasteiger partial charge on any atom is 0.257 e. The number of rotatable bonds is 7. The Balaban J connectivity index is 1.70. The molecule has 2 amide bonds. The van der Waals surface area contributed by atoms with E-state index >= 15 is 0 Å². The van der Waals surface area contributed by atoms with Crippen molar-refractivity contribution in [2.75, 3.05) is 18.4 Å². The van der Waals surface area contributed by atoms with Crippen LogP contribution in [-0.2, 0) is 4.79 Å². The minimum absolute atomic E-state index is 0.119. The molecule has 0 atom stereocenters. The maximum atomic E-state index is 12.9. The van der Waals surface area contributed by atoms with Crippen LogP contribution in [0.4, 0.5) is 5.69 Å². The summed E-state index contributed by atoms with van der Waals surface area (Å²) in [6, 6.07) is 14.3. The molecule has 1 N–H and O–H groups in total. The van der Waals surface area contributed by atoms with Crippen LogP contribution in [0.25, 0.3) is 11.4 Å². The summed E-state index contributed by atoms with van der Waals surface area (Å²) in [6.45, 7) is 2.23. The van der Waals surface area contributed by atoms with Crippen LogP contribution in [0, 0.1) is 0 Å². The first kappa shape index (κ1) is 21.7. The van der Waals surface area contributed by atoms with Gasteiger partial charge in [0.05, 0.1) is 16.3 Å². The number of carbonyl (C=O) groups is 2. The summed E-state index contributed by atoms with van der Waals surface area (Å²) in [5.74, 6) is -0.138. The van der Waals surface area contributed by atoms with Crippen LogP contribution in [0.2, 0.25) is 10.0 Å². The monoisotopic (exact) mass is 442 g/mol. The van der Waals surface area contributed by atoms with E-state index in [2.05, 4.69) is 15.3 Å². The van der Waals surface area contributed by atoms with Crippen molar-refractivity contribution in [3.8, 4) is 11.4 Å². The molecule has 3 rings (SSSR count). The van der Waals surface area contributed by atoms with E-state index in [1.807, 2.05) is 37.3 Å². The molecule has 2 aromatic carbocycles. The minimum atomic E-state index is -0.358. The predicted molar refractivity (Wildman–Crippen MR) is 119 cm³/mol. The Kier molecular flexibility index (Phi) is 7.38. The Bertz CT molecular complexity index is 1030. The largest absolute Gasteiger partial charge is 0.329 e. The molecule has 154 valence electrons. The fourth-order valence-corrected chi connectivity index (χ4v) is 3.29. The Labute approximate surface area is 184 Å². The lowest BCUT2D eigenvalue weighted by Crippen LogP contribution is -2.38. The molecule has 8 heteroatoms. The molecule has 0 aliphatic heterocycles. The molecule has 30 heavy (non-hydrogen) atoms. The van der Waals surface area contributed by atoms with E-state index in [4.69, 9.17) is 23.2 Å². The van der Waals surface area contributed by atoms with Gasteiger partial charge in [0, 0.05) is 29.5 Å². The molecule has 0 saturated heterocycles. The van der Waals surface area contributed by atoms with E-state index in [0.29, 0.717) is 40.1 Å². The van der Waals surface area contributed by atoms with Crippen LogP contribution in [0.5, 0.6) is 0 Å². The predicted octanol–water partition coefficient (Wildman–Crippen LogP) is 4.94. The van der Waals surface area contributed by atoms with Gasteiger partial charge in [-0.3, -0.25) is 9.59 Å². The van der Waals surface area contributed by atoms with Crippen LogP contribution < -0.4 is 5.32 Å². The summed E-state index contributed by atoms with van der Waals surface area (Å²) in [5, 5.41) is 3.51. The molecule has 0 unspecified atom stereocenters. The molecule has 1 heterocycles. The van der Waals surface area contributed by atoms with Crippen LogP contribution in [0.1, 0.15) is 23.7 Å². The highest BCUT2D eigenvalue weighted by Gasteiger charge is 2.20. The number of aromatic nitrogens is 2. The van der Waals surface area contributed by atoms with Crippen molar-refractivity contribution in [1.29, 1.82) is 0 Å². The lowest BCUT2D eigenvalue weighted by atomic mass is 10.2. The average molecular weight is 443 g/mol. The Morgan fingerprint density at radius 2 is 1.73 bits per heavy atom. The van der Waals surface area contributed by atoms with E-state index in [1.165, 1.54) is 17.3 Å². The SMILES string of the molecule is CCCN(CC(=O)Nc1ccc(Cl)cc1Cl)C(=O)c1cnc(-c2ccccc2)nc1. The molecule has 0 radical (unpaired) electrons. The number of halogens is 2. The number of amides is 2. The lowest BCUT2D eigenvalue weighted by molar-refractivity contribution is -0.116. The molecule has 6 nitrogen and oxygen atoms in total. The van der Waals surface area contributed by atoms with E-state index in [0.717, 1.165) is 5.56 Å². The van der Waals surface area contributed by atoms with Crippen molar-refractivity contribution in [1.82, 2.24) is 14.9 Å². The number of carbonyl (C=O) groups excluding carboxylic acids is 2. The second-order valence-electron chi connectivity index (χ2n) is 6.56. The summed E-state index contributed by atoms with van der Waals surface area (Å²) in [4.78, 5) is 35.4. The Morgan fingerprint density at radius 3 is 2.37 bits per heavy atom. The lowest BCUT2D eigenvalue weighted by Gasteiger charge is -2.21. The van der Waals surface area contributed by atoms with Crippen molar-refractivity contribution < 1.29 is 9.59 Å². The molecular formula is C22H20Cl2N4O2. The Morgan fingerprint density at radius 1 is 1.03 bits per heavy atom. The smallest absolute Gasteiger partial charge is 0.257 e. The van der Waals surface area contributed by atoms with E-state index in [-0.39, 0.29) is 18.4 Å². The third-order valence-corrected chi connectivity index (χ3v) is 4.80. The standard InChI is InChI=1S/C22H20Cl2N4O2/c1-2-10-28(14-20(29)27-19-9-8-17(23)11-18(19)24)22(30)16-12-25-21(26-13-16)15-6-4-3-5-7-15/h3-9,11-13H,2,10,14H2,1H3,(H,27,29). The van der Waals surface area contributed by atoms with E-state index in [9.17, 15) is 9.59 Å². The van der Waals surface area contributed by atoms with Gasteiger partial charge in [0.2, 0.25) is 5.91 Å². The third kappa shape index (κ3) is 5.55. The second kappa shape index (κ2) is 10.2. The van der Waals surface area contributed by atoms with Crippen LogP contribution >= 0.6 is 23.2 Å². The molecule has 3 aromatic rings. The van der Waals surface area contributed by atoms with Gasteiger partial charge >= 0.3 is 0 Å². The number of benzene rings is 2. The number of hydrogen-bond acceptors (Lipinski definition) is 4. The van der Waals surface area contributed by atoms with E-state index < -0.39 is 0 Å². The van der Waals surface area contributed by atoms with Gasteiger partial charge in [-0.1, -0.05) is 60.5 Å². The van der Waals surface area contributed by atoms with Gasteiger partial charge in [0.15, 0.2) is 5.82 Å². The van der Waals surface area contributed by atoms with Gasteiger partial charge in [0.25, 0.3) is 5.91 Å². The first-order valence-corrected chi connectivity index (χ1v) is 10.1. The molecule has 0 saturated carbocycles. The minimum Gasteiger partial charge on any atom is -0.329 e. The zero-order valence-electron chi connectivity index (χ0n) is 16.3. The normalized spacial score (nSPS) is 10.5. The number of nitrogens with zero attached hydrogens (tertiary/aromatic N) is 3. The van der Waals surface area contributed by atoms with Crippen LogP contribution in [0.15, 0.2) is 60.9 Å². The fraction of sp³-hybridized carbons (Fsp3) is 0.182. The molecule has 0 spiro atoms. The Hall–Kier alpha value is -2.96. The highest BCUT2D eigenvalue weighted by molar-refractivity contribution is 6.36. The zero-order valence-corrected chi connectivity index (χ0v) is 17.8. The number of anilines is 1. The second-order valence-corrected chi connectivity index (χ2v) is 7.40. The maximum absolute atomic E-state index is 12.9. The highest BCUT2D eigenvalue weighted by Crippen LogP contribution is 2.25. The van der Waals surface area contributed by atoms with Crippen molar-refractivity contribution >= 4 is 40.7 Å². The molecule has 1 aromatic heterocycles. The summed E-state index contributed by atoms with van der Waals surface area (Å²) in [7, 11) is 0. The van der Waals surface area contributed by atoms with Crippen molar-refractivity contribution in [3.63, 3.8) is 0 Å². The highest BCUT2D eigenvalue weighted by atomic mass is 35.5. The first-order chi connectivity index (χ1) is 14.5. The molecular weight excluding hydrogens is 423 g/mol. The van der Waals surface area contributed by atoms with Gasteiger partial charge in [-0.05, 0) is 24.6 Å². The summed E-state index contributed by atoms with van der Waals surface area (Å²) >= 11 is 12.0. The molecule has 0 aliphatic rings. The topological polar surface area (TPSA) is 75.2 Å². The summed E-state index contributed by atoms with van der Waals surface area (Å²) in [5.41, 5.74) is 1.62. The van der Waals surface area contributed by atoms with Gasteiger partial charge < -0.3 is 10.2 Å². The third-order valence-electron chi connectivity index (χ3n) is 4.25. The summed E-state index contributed by atoms with van der Waals surface area (Å²) < 4.78 is 0. The van der Waals surface area contributed by atoms with Gasteiger partial charge in [-0.25, -0.2) is 9.97 Å². The van der Waals surface area contributed by atoms with Gasteiger partial charge in [-0.15, -0.1) is 0 Å². The van der Waals surface area contributed by atoms with E-state index in [1.54, 1.807) is 18.2 Å². The van der Waals surface area contributed by atoms with Crippen molar-refractivity contribution in [2.24, 2.45) is 0 Å². The number of hydrogen-bond donors (Lipinski definition) is 1. The fourth-order valence-electron chi connectivity index (χ4n) is 2.83. The summed E-state index contributed by atoms with van der Waals surface area (Å²) in [6.07, 6.45) is 3.66. The van der Waals surface area contributed by atoms with Crippen LogP contribution in [0.3, 0.4) is 0 Å². The quantitative estimate of drug-likeness (QED) is 0.561. The number of nitrogens with one attached hydrogen (secondary N) is 1. The van der Waals surface area contributed by atoms with Crippen molar-refractivity contribution in [3.05, 3.63) is 76.5 Å².